The normalized spacial score (nSPS) is 12.0. The van der Waals surface area contributed by atoms with Crippen molar-refractivity contribution in [2.45, 2.75) is 18.0 Å². The zero-order valence-electron chi connectivity index (χ0n) is 14.7. The lowest BCUT2D eigenvalue weighted by Gasteiger charge is -2.10. The molecule has 0 aliphatic carbocycles. The lowest BCUT2D eigenvalue weighted by Crippen LogP contribution is -2.14. The van der Waals surface area contributed by atoms with Gasteiger partial charge in [0.2, 0.25) is 10.0 Å². The van der Waals surface area contributed by atoms with Gasteiger partial charge in [0, 0.05) is 5.56 Å². The fourth-order valence-electron chi connectivity index (χ4n) is 2.72. The van der Waals surface area contributed by atoms with Crippen molar-refractivity contribution in [3.8, 4) is 23.0 Å². The molecular weight excluding hydrogens is 412 g/mol. The van der Waals surface area contributed by atoms with Crippen molar-refractivity contribution in [1.82, 2.24) is 9.78 Å². The van der Waals surface area contributed by atoms with Crippen LogP contribution in [0.3, 0.4) is 0 Å². The molecule has 11 heteroatoms. The second-order valence-corrected chi connectivity index (χ2v) is 7.66. The number of nitrogens with two attached hydrogens (primary N) is 1. The molecule has 2 N–H and O–H groups in total. The Balaban J connectivity index is 2.24. The van der Waals surface area contributed by atoms with E-state index in [0.717, 1.165) is 28.9 Å². The van der Waals surface area contributed by atoms with Crippen molar-refractivity contribution in [3.63, 3.8) is 0 Å². The third-order valence-corrected chi connectivity index (χ3v) is 5.05. The number of nitriles is 1. The molecule has 2 aromatic carbocycles. The summed E-state index contributed by atoms with van der Waals surface area (Å²) in [5.74, 6) is -1.21. The third kappa shape index (κ3) is 3.98. The van der Waals surface area contributed by atoms with Gasteiger partial charge in [-0.3, -0.25) is 0 Å². The summed E-state index contributed by atoms with van der Waals surface area (Å²) in [6.07, 6.45) is -4.76. The largest absolute Gasteiger partial charge is 0.435 e. The van der Waals surface area contributed by atoms with Gasteiger partial charge < -0.3 is 0 Å². The molecule has 0 atom stereocenters. The van der Waals surface area contributed by atoms with Gasteiger partial charge in [0.25, 0.3) is 0 Å². The first-order chi connectivity index (χ1) is 13.4. The number of nitrogens with zero attached hydrogens (tertiary/aromatic N) is 3. The van der Waals surface area contributed by atoms with Gasteiger partial charge in [-0.05, 0) is 48.9 Å². The molecule has 0 fully saturated rings. The monoisotopic (exact) mass is 424 g/mol. The summed E-state index contributed by atoms with van der Waals surface area (Å²) in [5, 5.41) is 17.5. The number of benzene rings is 2. The van der Waals surface area contributed by atoms with E-state index in [9.17, 15) is 26.0 Å². The molecule has 1 heterocycles. The molecule has 29 heavy (non-hydrogen) atoms. The van der Waals surface area contributed by atoms with Crippen molar-refractivity contribution in [3.05, 3.63) is 65.1 Å². The summed E-state index contributed by atoms with van der Waals surface area (Å²) >= 11 is 0. The number of aryl methyl sites for hydroxylation is 1. The van der Waals surface area contributed by atoms with Crippen LogP contribution in [0.1, 0.15) is 16.8 Å². The summed E-state index contributed by atoms with van der Waals surface area (Å²) in [4.78, 5) is -0.780. The van der Waals surface area contributed by atoms with Crippen LogP contribution in [0, 0.1) is 24.1 Å². The van der Waals surface area contributed by atoms with Crippen molar-refractivity contribution < 1.29 is 26.0 Å². The Labute approximate surface area is 162 Å². The molecule has 0 aliphatic rings. The van der Waals surface area contributed by atoms with E-state index in [4.69, 9.17) is 10.4 Å². The Morgan fingerprint density at radius 3 is 2.34 bits per heavy atom. The van der Waals surface area contributed by atoms with E-state index in [-0.39, 0.29) is 16.9 Å². The predicted octanol–water partition coefficient (Wildman–Crippen LogP) is 3.52. The number of primary sulfonamides is 1. The van der Waals surface area contributed by atoms with Crippen LogP contribution < -0.4 is 5.14 Å². The average Bonchev–Trinajstić information content (AvgIpc) is 3.06. The van der Waals surface area contributed by atoms with E-state index in [0.29, 0.717) is 11.1 Å². The molecule has 0 saturated heterocycles. The fourth-order valence-corrected chi connectivity index (χ4v) is 3.31. The number of alkyl halides is 3. The van der Waals surface area contributed by atoms with E-state index in [1.54, 1.807) is 6.92 Å². The second-order valence-electron chi connectivity index (χ2n) is 6.13. The Morgan fingerprint density at radius 2 is 1.83 bits per heavy atom. The van der Waals surface area contributed by atoms with Gasteiger partial charge in [-0.25, -0.2) is 22.6 Å². The van der Waals surface area contributed by atoms with E-state index in [1.165, 1.54) is 18.2 Å². The first-order valence-corrected chi connectivity index (χ1v) is 9.47. The van der Waals surface area contributed by atoms with Gasteiger partial charge in [0.1, 0.15) is 10.7 Å². The lowest BCUT2D eigenvalue weighted by atomic mass is 10.1. The number of hydrogen-bond acceptors (Lipinski definition) is 4. The van der Waals surface area contributed by atoms with Gasteiger partial charge in [0.05, 0.1) is 23.0 Å². The van der Waals surface area contributed by atoms with Crippen molar-refractivity contribution in [1.29, 1.82) is 5.26 Å². The molecule has 0 spiro atoms. The van der Waals surface area contributed by atoms with E-state index < -0.39 is 32.6 Å². The first-order valence-electron chi connectivity index (χ1n) is 7.93. The molecule has 6 nitrogen and oxygen atoms in total. The smallest absolute Gasteiger partial charge is 0.232 e. The maximum atomic E-state index is 14.2. The van der Waals surface area contributed by atoms with Gasteiger partial charge in [-0.1, -0.05) is 6.07 Å². The fraction of sp³-hybridized carbons (Fsp3) is 0.111. The Kier molecular flexibility index (Phi) is 4.94. The van der Waals surface area contributed by atoms with E-state index in [1.807, 2.05) is 6.07 Å². The highest BCUT2D eigenvalue weighted by atomic mass is 32.2. The van der Waals surface area contributed by atoms with Crippen LogP contribution in [0.4, 0.5) is 17.6 Å². The molecule has 0 amide bonds. The van der Waals surface area contributed by atoms with Crippen LogP contribution >= 0.6 is 0 Å². The molecule has 0 radical (unpaired) electrons. The molecule has 0 aliphatic heterocycles. The Morgan fingerprint density at radius 1 is 1.14 bits per heavy atom. The van der Waals surface area contributed by atoms with E-state index in [2.05, 4.69) is 5.10 Å². The second kappa shape index (κ2) is 6.98. The molecule has 0 saturated carbocycles. The summed E-state index contributed by atoms with van der Waals surface area (Å²) < 4.78 is 77.6. The zero-order chi connectivity index (χ0) is 21.6. The van der Waals surface area contributed by atoms with Crippen molar-refractivity contribution in [2.24, 2.45) is 5.14 Å². The molecule has 3 aromatic rings. The van der Waals surface area contributed by atoms with Gasteiger partial charge in [-0.15, -0.1) is 0 Å². The lowest BCUT2D eigenvalue weighted by molar-refractivity contribution is -0.141. The van der Waals surface area contributed by atoms with Crippen molar-refractivity contribution >= 4 is 10.0 Å². The number of aromatic nitrogens is 2. The van der Waals surface area contributed by atoms with Crippen LogP contribution in [0.15, 0.2) is 47.4 Å². The number of sulfonamides is 1. The molecule has 0 unspecified atom stereocenters. The van der Waals surface area contributed by atoms with Crippen LogP contribution in [-0.4, -0.2) is 18.2 Å². The summed E-state index contributed by atoms with van der Waals surface area (Å²) in [6, 6.07) is 9.73. The van der Waals surface area contributed by atoms with Gasteiger partial charge in [-0.2, -0.15) is 23.5 Å². The highest BCUT2D eigenvalue weighted by Gasteiger charge is 2.35. The number of hydrogen-bond donors (Lipinski definition) is 1. The summed E-state index contributed by atoms with van der Waals surface area (Å²) in [7, 11) is -4.33. The SMILES string of the molecule is Cc1cc(-n2nc(C(F)(F)F)cc2-c2ccc(S(N)(=O)=O)c(F)c2)ccc1C#N. The summed E-state index contributed by atoms with van der Waals surface area (Å²) in [5.41, 5.74) is -0.326. The standard InChI is InChI=1S/C18H12F4N4O2S/c1-10-6-13(4-2-12(10)9-23)26-15(8-17(25-26)18(20,21)22)11-3-5-16(14(19)7-11)29(24,27)28/h2-8H,1H3,(H2,24,27,28). The molecule has 3 rings (SSSR count). The van der Waals surface area contributed by atoms with Gasteiger partial charge >= 0.3 is 6.18 Å². The first kappa shape index (κ1) is 20.5. The van der Waals surface area contributed by atoms with Gasteiger partial charge in [0.15, 0.2) is 5.69 Å². The predicted molar refractivity (Wildman–Crippen MR) is 94.8 cm³/mol. The highest BCUT2D eigenvalue weighted by molar-refractivity contribution is 7.89. The average molecular weight is 424 g/mol. The van der Waals surface area contributed by atoms with Crippen molar-refractivity contribution in [2.75, 3.05) is 0 Å². The van der Waals surface area contributed by atoms with Crippen LogP contribution in [-0.2, 0) is 16.2 Å². The quantitative estimate of drug-likeness (QED) is 0.650. The molecule has 150 valence electrons. The highest BCUT2D eigenvalue weighted by Crippen LogP contribution is 2.34. The van der Waals surface area contributed by atoms with E-state index >= 15 is 0 Å². The zero-order valence-corrected chi connectivity index (χ0v) is 15.5. The molecule has 0 bridgehead atoms. The summed E-state index contributed by atoms with van der Waals surface area (Å²) in [6.45, 7) is 1.61. The molecular formula is C18H12F4N4O2S. The minimum Gasteiger partial charge on any atom is -0.232 e. The minimum atomic E-state index is -4.76. The van der Waals surface area contributed by atoms with Crippen LogP contribution in [0.5, 0.6) is 0 Å². The molecule has 1 aromatic heterocycles. The third-order valence-electron chi connectivity index (χ3n) is 4.11. The van der Waals surface area contributed by atoms with Crippen LogP contribution in [0.2, 0.25) is 0 Å². The number of rotatable bonds is 3. The maximum Gasteiger partial charge on any atom is 0.435 e. The topological polar surface area (TPSA) is 102 Å². The minimum absolute atomic E-state index is 0.0417. The van der Waals surface area contributed by atoms with Crippen LogP contribution in [0.25, 0.3) is 16.9 Å². The number of halogens is 4. The Hall–Kier alpha value is -3.23. The maximum absolute atomic E-state index is 14.2. The Bertz CT molecular complexity index is 1260.